The Kier molecular flexibility index (Phi) is 4.66. The molecule has 4 rings (SSSR count). The number of nitrogens with zero attached hydrogens (tertiary/aromatic N) is 1. The van der Waals surface area contributed by atoms with E-state index in [4.69, 9.17) is 4.74 Å². The van der Waals surface area contributed by atoms with E-state index in [9.17, 15) is 4.79 Å². The fourth-order valence-corrected chi connectivity index (χ4v) is 4.20. The predicted molar refractivity (Wildman–Crippen MR) is 102 cm³/mol. The smallest absolute Gasteiger partial charge is 0.410 e. The number of nitrogens with one attached hydrogen (secondary N) is 1. The first-order valence-electron chi connectivity index (χ1n) is 8.72. The highest BCUT2D eigenvalue weighted by Gasteiger charge is 2.36. The lowest BCUT2D eigenvalue weighted by atomic mass is 9.91. The van der Waals surface area contributed by atoms with Crippen LogP contribution in [0.1, 0.15) is 29.9 Å². The van der Waals surface area contributed by atoms with Crippen LogP contribution in [0.25, 0.3) is 0 Å². The van der Waals surface area contributed by atoms with Crippen molar-refractivity contribution in [2.75, 3.05) is 18.4 Å². The minimum absolute atomic E-state index is 0.219. The van der Waals surface area contributed by atoms with Gasteiger partial charge in [-0.3, -0.25) is 0 Å². The third-order valence-electron chi connectivity index (χ3n) is 5.06. The van der Waals surface area contributed by atoms with Gasteiger partial charge in [-0.25, -0.2) is 4.79 Å². The normalized spacial score (nSPS) is 21.7. The molecule has 1 fully saturated rings. The summed E-state index contributed by atoms with van der Waals surface area (Å²) in [6.07, 6.45) is 1.86. The van der Waals surface area contributed by atoms with Crippen molar-refractivity contribution in [1.29, 1.82) is 0 Å². The van der Waals surface area contributed by atoms with Crippen LogP contribution in [0.4, 0.5) is 10.5 Å². The monoisotopic (exact) mass is 400 g/mol. The topological polar surface area (TPSA) is 41.6 Å². The highest BCUT2D eigenvalue weighted by Crippen LogP contribution is 2.41. The minimum atomic E-state index is -0.219. The summed E-state index contributed by atoms with van der Waals surface area (Å²) in [5.41, 5.74) is 3.57. The standard InChI is InChI=1S/C20H21BrN2O2/c21-15-8-9-18-17(11-15)16-7-4-10-23(12-19(16)22-18)20(24)25-13-14-5-2-1-3-6-14/h1-3,5-6,8-9,11,16,19,22H,4,7,10,12-13H2/t16-,19-/m0/s1. The van der Waals surface area contributed by atoms with Gasteiger partial charge in [-0.2, -0.15) is 0 Å². The van der Waals surface area contributed by atoms with E-state index in [0.717, 1.165) is 29.4 Å². The van der Waals surface area contributed by atoms with E-state index in [0.29, 0.717) is 19.1 Å². The number of hydrogen-bond acceptors (Lipinski definition) is 3. The second-order valence-corrected chi connectivity index (χ2v) is 7.63. The van der Waals surface area contributed by atoms with Crippen molar-refractivity contribution in [3.63, 3.8) is 0 Å². The summed E-state index contributed by atoms with van der Waals surface area (Å²) in [5.74, 6) is 0.458. The summed E-state index contributed by atoms with van der Waals surface area (Å²) in [4.78, 5) is 14.4. The van der Waals surface area contributed by atoms with Gasteiger partial charge in [-0.05, 0) is 42.2 Å². The van der Waals surface area contributed by atoms with Crippen LogP contribution in [0.5, 0.6) is 0 Å². The Labute approximate surface area is 156 Å². The van der Waals surface area contributed by atoms with Crippen LogP contribution in [0.2, 0.25) is 0 Å². The van der Waals surface area contributed by atoms with Crippen LogP contribution in [-0.2, 0) is 11.3 Å². The van der Waals surface area contributed by atoms with E-state index in [2.05, 4.69) is 39.4 Å². The first-order chi connectivity index (χ1) is 12.2. The molecule has 1 amide bonds. The van der Waals surface area contributed by atoms with Crippen molar-refractivity contribution in [3.05, 3.63) is 64.1 Å². The Morgan fingerprint density at radius 2 is 2.08 bits per heavy atom. The molecule has 2 aromatic carbocycles. The van der Waals surface area contributed by atoms with Crippen LogP contribution in [0.15, 0.2) is 53.0 Å². The van der Waals surface area contributed by atoms with E-state index in [-0.39, 0.29) is 12.1 Å². The molecule has 25 heavy (non-hydrogen) atoms. The Morgan fingerprint density at radius 3 is 2.92 bits per heavy atom. The van der Waals surface area contributed by atoms with Gasteiger partial charge in [-0.1, -0.05) is 46.3 Å². The van der Waals surface area contributed by atoms with E-state index >= 15 is 0 Å². The third-order valence-corrected chi connectivity index (χ3v) is 5.56. The molecule has 1 N–H and O–H groups in total. The molecule has 2 aliphatic rings. The maximum atomic E-state index is 12.5. The maximum absolute atomic E-state index is 12.5. The van der Waals surface area contributed by atoms with Gasteiger partial charge in [-0.15, -0.1) is 0 Å². The summed E-state index contributed by atoms with van der Waals surface area (Å²) in [7, 11) is 0. The zero-order valence-electron chi connectivity index (χ0n) is 14.0. The molecule has 0 spiro atoms. The van der Waals surface area contributed by atoms with E-state index in [1.807, 2.05) is 35.2 Å². The number of rotatable bonds is 2. The molecule has 1 saturated heterocycles. The van der Waals surface area contributed by atoms with Gasteiger partial charge in [0, 0.05) is 29.2 Å². The number of carbonyl (C=O) groups excluding carboxylic acids is 1. The molecule has 0 unspecified atom stereocenters. The van der Waals surface area contributed by atoms with Gasteiger partial charge < -0.3 is 15.0 Å². The average molecular weight is 401 g/mol. The first-order valence-corrected chi connectivity index (χ1v) is 9.51. The molecular formula is C20H21BrN2O2. The molecule has 130 valence electrons. The van der Waals surface area contributed by atoms with E-state index in [1.54, 1.807) is 0 Å². The summed E-state index contributed by atoms with van der Waals surface area (Å²) in [6, 6.07) is 16.5. The van der Waals surface area contributed by atoms with Crippen molar-refractivity contribution in [2.45, 2.75) is 31.4 Å². The Hall–Kier alpha value is -2.01. The summed E-state index contributed by atoms with van der Waals surface area (Å²) < 4.78 is 6.63. The molecule has 2 aliphatic heterocycles. The fraction of sp³-hybridized carbons (Fsp3) is 0.350. The molecule has 4 nitrogen and oxygen atoms in total. The zero-order valence-corrected chi connectivity index (χ0v) is 15.5. The summed E-state index contributed by atoms with van der Waals surface area (Å²) >= 11 is 3.57. The van der Waals surface area contributed by atoms with Crippen molar-refractivity contribution in [1.82, 2.24) is 4.90 Å². The van der Waals surface area contributed by atoms with Crippen molar-refractivity contribution in [2.24, 2.45) is 0 Å². The quantitative estimate of drug-likeness (QED) is 0.789. The Morgan fingerprint density at radius 1 is 1.24 bits per heavy atom. The molecule has 2 heterocycles. The van der Waals surface area contributed by atoms with E-state index in [1.165, 1.54) is 11.3 Å². The molecule has 2 aromatic rings. The Balaban J connectivity index is 1.41. The highest BCUT2D eigenvalue weighted by molar-refractivity contribution is 9.10. The molecule has 0 saturated carbocycles. The van der Waals surface area contributed by atoms with Crippen LogP contribution < -0.4 is 5.32 Å². The largest absolute Gasteiger partial charge is 0.445 e. The number of anilines is 1. The van der Waals surface area contributed by atoms with Gasteiger partial charge in [0.15, 0.2) is 0 Å². The van der Waals surface area contributed by atoms with Gasteiger partial charge in [0.25, 0.3) is 0 Å². The number of benzene rings is 2. The summed E-state index contributed by atoms with van der Waals surface area (Å²) in [5, 5.41) is 3.59. The number of halogens is 1. The maximum Gasteiger partial charge on any atom is 0.410 e. The fourth-order valence-electron chi connectivity index (χ4n) is 3.83. The van der Waals surface area contributed by atoms with Crippen molar-refractivity contribution in [3.8, 4) is 0 Å². The van der Waals surface area contributed by atoms with Crippen molar-refractivity contribution < 1.29 is 9.53 Å². The summed E-state index contributed by atoms with van der Waals surface area (Å²) in [6.45, 7) is 1.76. The predicted octanol–water partition coefficient (Wildman–Crippen LogP) is 4.76. The number of likely N-dealkylation sites (tertiary alicyclic amines) is 1. The molecule has 0 radical (unpaired) electrons. The van der Waals surface area contributed by atoms with Gasteiger partial charge in [0.1, 0.15) is 6.61 Å². The number of fused-ring (bicyclic) bond motifs is 3. The SMILES string of the molecule is O=C(OCc1ccccc1)N1CCC[C@H]2c3cc(Br)ccc3N[C@H]2C1. The zero-order chi connectivity index (χ0) is 17.2. The van der Waals surface area contributed by atoms with Crippen LogP contribution in [0.3, 0.4) is 0 Å². The van der Waals surface area contributed by atoms with Crippen LogP contribution in [-0.4, -0.2) is 30.1 Å². The molecular weight excluding hydrogens is 380 g/mol. The molecule has 0 bridgehead atoms. The third kappa shape index (κ3) is 3.52. The molecule has 2 atom stereocenters. The van der Waals surface area contributed by atoms with Crippen LogP contribution in [0, 0.1) is 0 Å². The lowest BCUT2D eigenvalue weighted by Gasteiger charge is -2.24. The second kappa shape index (κ2) is 7.08. The highest BCUT2D eigenvalue weighted by atomic mass is 79.9. The van der Waals surface area contributed by atoms with Gasteiger partial charge >= 0.3 is 6.09 Å². The van der Waals surface area contributed by atoms with Gasteiger partial charge in [0.2, 0.25) is 0 Å². The molecule has 5 heteroatoms. The number of carbonyl (C=O) groups is 1. The molecule has 0 aliphatic carbocycles. The lowest BCUT2D eigenvalue weighted by molar-refractivity contribution is 0.0965. The minimum Gasteiger partial charge on any atom is -0.445 e. The lowest BCUT2D eigenvalue weighted by Crippen LogP contribution is -2.39. The second-order valence-electron chi connectivity index (χ2n) is 6.72. The number of amides is 1. The van der Waals surface area contributed by atoms with Gasteiger partial charge in [0.05, 0.1) is 6.04 Å². The number of ether oxygens (including phenoxy) is 1. The Bertz CT molecular complexity index is 766. The number of hydrogen-bond donors (Lipinski definition) is 1. The van der Waals surface area contributed by atoms with Crippen LogP contribution >= 0.6 is 15.9 Å². The van der Waals surface area contributed by atoms with Crippen molar-refractivity contribution >= 4 is 27.7 Å². The first kappa shape index (κ1) is 16.5. The average Bonchev–Trinajstić information content (AvgIpc) is 2.83. The molecule has 0 aromatic heterocycles. The van der Waals surface area contributed by atoms with E-state index < -0.39 is 0 Å².